The fourth-order valence-corrected chi connectivity index (χ4v) is 6.14. The van der Waals surface area contributed by atoms with Gasteiger partial charge in [0.15, 0.2) is 0 Å². The predicted octanol–water partition coefficient (Wildman–Crippen LogP) is 3.89. The fourth-order valence-electron chi connectivity index (χ4n) is 4.43. The van der Waals surface area contributed by atoms with Gasteiger partial charge in [-0.1, -0.05) is 13.8 Å². The van der Waals surface area contributed by atoms with Crippen molar-refractivity contribution in [1.29, 1.82) is 0 Å². The van der Waals surface area contributed by atoms with Crippen LogP contribution in [-0.2, 0) is 14.8 Å². The zero-order valence-electron chi connectivity index (χ0n) is 20.7. The van der Waals surface area contributed by atoms with Crippen LogP contribution in [-0.4, -0.2) is 64.1 Å². The lowest BCUT2D eigenvalue weighted by Crippen LogP contribution is -2.40. The third-order valence-corrected chi connectivity index (χ3v) is 8.69. The molecule has 0 spiro atoms. The van der Waals surface area contributed by atoms with E-state index < -0.39 is 10.0 Å². The van der Waals surface area contributed by atoms with Crippen LogP contribution in [0.2, 0.25) is 0 Å². The second kappa shape index (κ2) is 11.7. The molecule has 0 saturated carbocycles. The Morgan fingerprint density at radius 3 is 2.27 bits per heavy atom. The molecule has 0 unspecified atom stereocenters. The number of anilines is 1. The number of sulfonamides is 1. The third-order valence-electron chi connectivity index (χ3n) is 6.76. The molecule has 2 heterocycles. The number of carbonyl (C=O) groups excluding carboxylic acids is 1. The number of rotatable bonds is 9. The van der Waals surface area contributed by atoms with Crippen molar-refractivity contribution in [2.75, 3.05) is 44.2 Å². The zero-order valence-corrected chi connectivity index (χ0v) is 21.5. The van der Waals surface area contributed by atoms with E-state index in [9.17, 15) is 13.2 Å². The summed E-state index contributed by atoms with van der Waals surface area (Å²) in [5, 5.41) is 2.90. The van der Waals surface area contributed by atoms with E-state index in [1.165, 1.54) is 0 Å². The first-order chi connectivity index (χ1) is 15.7. The first kappa shape index (κ1) is 26.0. The Kier molecular flexibility index (Phi) is 9.18. The van der Waals surface area contributed by atoms with Crippen LogP contribution in [0.5, 0.6) is 0 Å². The first-order valence-corrected chi connectivity index (χ1v) is 13.9. The number of benzene rings is 1. The van der Waals surface area contributed by atoms with E-state index in [-0.39, 0.29) is 16.9 Å². The first-order valence-electron chi connectivity index (χ1n) is 12.5. The van der Waals surface area contributed by atoms with E-state index in [1.54, 1.807) is 16.4 Å². The highest BCUT2D eigenvalue weighted by Crippen LogP contribution is 2.33. The Morgan fingerprint density at radius 1 is 1.06 bits per heavy atom. The van der Waals surface area contributed by atoms with Gasteiger partial charge in [-0.05, 0) is 76.0 Å². The van der Waals surface area contributed by atoms with Crippen molar-refractivity contribution in [1.82, 2.24) is 9.62 Å². The van der Waals surface area contributed by atoms with Gasteiger partial charge in [0.05, 0.1) is 11.8 Å². The molecule has 0 atom stereocenters. The summed E-state index contributed by atoms with van der Waals surface area (Å²) >= 11 is 0. The molecular weight excluding hydrogens is 438 g/mol. The molecule has 8 heteroatoms. The van der Waals surface area contributed by atoms with Gasteiger partial charge in [-0.3, -0.25) is 4.79 Å². The molecule has 2 aliphatic heterocycles. The largest absolute Gasteiger partial charge is 0.379 e. The van der Waals surface area contributed by atoms with Crippen LogP contribution in [0.15, 0.2) is 23.1 Å². The zero-order chi connectivity index (χ0) is 24.0. The van der Waals surface area contributed by atoms with Crippen LogP contribution in [0, 0.1) is 11.8 Å². The highest BCUT2D eigenvalue weighted by atomic mass is 32.2. The van der Waals surface area contributed by atoms with E-state index in [2.05, 4.69) is 24.1 Å². The van der Waals surface area contributed by atoms with Crippen LogP contribution in [0.1, 0.15) is 70.2 Å². The van der Waals surface area contributed by atoms with Crippen molar-refractivity contribution in [3.05, 3.63) is 23.8 Å². The lowest BCUT2D eigenvalue weighted by atomic mass is 9.98. The number of amides is 1. The van der Waals surface area contributed by atoms with Crippen molar-refractivity contribution in [2.45, 2.75) is 70.8 Å². The van der Waals surface area contributed by atoms with Crippen LogP contribution < -0.4 is 10.2 Å². The Balaban J connectivity index is 1.81. The monoisotopic (exact) mass is 479 g/mol. The summed E-state index contributed by atoms with van der Waals surface area (Å²) in [6, 6.07) is 5.16. The molecule has 0 bridgehead atoms. The highest BCUT2D eigenvalue weighted by molar-refractivity contribution is 7.89. The molecule has 1 aromatic carbocycles. The topological polar surface area (TPSA) is 79.0 Å². The molecule has 2 fully saturated rings. The van der Waals surface area contributed by atoms with Crippen molar-refractivity contribution < 1.29 is 17.9 Å². The van der Waals surface area contributed by atoms with Gasteiger partial charge in [-0.15, -0.1) is 0 Å². The number of nitrogens with one attached hydrogen (secondary N) is 1. The fraction of sp³-hybridized carbons (Fsp3) is 0.720. The van der Waals surface area contributed by atoms with Gasteiger partial charge in [0.25, 0.3) is 5.91 Å². The minimum Gasteiger partial charge on any atom is -0.379 e. The van der Waals surface area contributed by atoms with Gasteiger partial charge in [-0.25, -0.2) is 8.42 Å². The molecule has 7 nitrogen and oxygen atoms in total. The van der Waals surface area contributed by atoms with E-state index in [1.807, 2.05) is 19.9 Å². The Morgan fingerprint density at radius 2 is 1.67 bits per heavy atom. The van der Waals surface area contributed by atoms with Crippen LogP contribution in [0.25, 0.3) is 0 Å². The van der Waals surface area contributed by atoms with Crippen molar-refractivity contribution >= 4 is 21.6 Å². The van der Waals surface area contributed by atoms with Gasteiger partial charge in [0.1, 0.15) is 4.90 Å². The van der Waals surface area contributed by atoms with E-state index in [0.717, 1.165) is 44.5 Å². The normalized spacial score (nSPS) is 19.2. The number of carbonyl (C=O) groups is 1. The minimum absolute atomic E-state index is 0.163. The van der Waals surface area contributed by atoms with Gasteiger partial charge < -0.3 is 15.0 Å². The summed E-state index contributed by atoms with van der Waals surface area (Å²) in [7, 11) is -3.68. The van der Waals surface area contributed by atoms with Gasteiger partial charge in [-0.2, -0.15) is 4.31 Å². The second-order valence-electron chi connectivity index (χ2n) is 9.97. The lowest BCUT2D eigenvalue weighted by Gasteiger charge is -2.35. The standard InChI is InChI=1S/C25H41N3O4S/c1-19(2)32-17-5-12-26-25(29)22-6-7-23(27-13-8-20(3)9-14-27)24(18-22)33(30,31)28-15-10-21(4)11-16-28/h6-7,18-21H,5,8-17H2,1-4H3,(H,26,29). The van der Waals surface area contributed by atoms with Gasteiger partial charge >= 0.3 is 0 Å². The Bertz CT molecular complexity index is 887. The summed E-state index contributed by atoms with van der Waals surface area (Å²) in [5.74, 6) is 0.938. The SMILES string of the molecule is CC1CCN(c2ccc(C(=O)NCCCOC(C)C)cc2S(=O)(=O)N2CCC(C)CC2)CC1. The van der Waals surface area contributed by atoms with Crippen molar-refractivity contribution in [3.63, 3.8) is 0 Å². The Hall–Kier alpha value is -1.64. The van der Waals surface area contributed by atoms with Crippen molar-refractivity contribution in [2.24, 2.45) is 11.8 Å². The lowest BCUT2D eigenvalue weighted by molar-refractivity contribution is 0.0757. The number of nitrogens with zero attached hydrogens (tertiary/aromatic N) is 2. The molecule has 0 aliphatic carbocycles. The highest BCUT2D eigenvalue weighted by Gasteiger charge is 2.32. The summed E-state index contributed by atoms with van der Waals surface area (Å²) in [6.07, 6.45) is 4.70. The molecule has 0 aromatic heterocycles. The molecule has 1 amide bonds. The number of ether oxygens (including phenoxy) is 1. The molecule has 2 saturated heterocycles. The van der Waals surface area contributed by atoms with E-state index >= 15 is 0 Å². The number of hydrogen-bond acceptors (Lipinski definition) is 5. The van der Waals surface area contributed by atoms with Crippen molar-refractivity contribution in [3.8, 4) is 0 Å². The van der Waals surface area contributed by atoms with Crippen LogP contribution in [0.3, 0.4) is 0 Å². The quantitative estimate of drug-likeness (QED) is 0.544. The minimum atomic E-state index is -3.68. The average Bonchev–Trinajstić information content (AvgIpc) is 2.79. The summed E-state index contributed by atoms with van der Waals surface area (Å²) in [6.45, 7) is 12.2. The molecule has 1 aromatic rings. The summed E-state index contributed by atoms with van der Waals surface area (Å²) in [5.41, 5.74) is 1.11. The van der Waals surface area contributed by atoms with E-state index in [4.69, 9.17) is 4.74 Å². The molecular formula is C25H41N3O4S. The smallest absolute Gasteiger partial charge is 0.251 e. The van der Waals surface area contributed by atoms with E-state index in [0.29, 0.717) is 50.1 Å². The Labute approximate surface area is 199 Å². The summed E-state index contributed by atoms with van der Waals surface area (Å²) in [4.78, 5) is 15.2. The van der Waals surface area contributed by atoms with Gasteiger partial charge in [0, 0.05) is 44.9 Å². The number of hydrogen-bond donors (Lipinski definition) is 1. The maximum Gasteiger partial charge on any atom is 0.251 e. The average molecular weight is 480 g/mol. The molecule has 2 aliphatic rings. The number of piperidine rings is 2. The molecule has 1 N–H and O–H groups in total. The molecule has 186 valence electrons. The summed E-state index contributed by atoms with van der Waals surface area (Å²) < 4.78 is 34.5. The molecule has 33 heavy (non-hydrogen) atoms. The molecule has 0 radical (unpaired) electrons. The third kappa shape index (κ3) is 6.93. The molecule has 3 rings (SSSR count). The second-order valence-corrected chi connectivity index (χ2v) is 11.9. The predicted molar refractivity (Wildman–Crippen MR) is 132 cm³/mol. The van der Waals surface area contributed by atoms with Crippen LogP contribution >= 0.6 is 0 Å². The maximum absolute atomic E-state index is 13.7. The maximum atomic E-state index is 13.7. The van der Waals surface area contributed by atoms with Gasteiger partial charge in [0.2, 0.25) is 10.0 Å². The van der Waals surface area contributed by atoms with Crippen LogP contribution in [0.4, 0.5) is 5.69 Å².